The van der Waals surface area contributed by atoms with Gasteiger partial charge in [-0.1, -0.05) is 66.7 Å². The molecule has 0 aromatic heterocycles. The molecule has 0 saturated carbocycles. The number of aliphatic hydroxyl groups is 1. The van der Waals surface area contributed by atoms with Crippen LogP contribution in [-0.4, -0.2) is 55.5 Å². The van der Waals surface area contributed by atoms with E-state index in [1.54, 1.807) is 6.08 Å². The van der Waals surface area contributed by atoms with Crippen molar-refractivity contribution in [2.24, 2.45) is 0 Å². The van der Waals surface area contributed by atoms with Gasteiger partial charge in [-0.05, 0) is 11.1 Å². The first-order valence-corrected chi connectivity index (χ1v) is 10.1. The first-order valence-electron chi connectivity index (χ1n) is 10.1. The van der Waals surface area contributed by atoms with E-state index < -0.39 is 36.7 Å². The average Bonchev–Trinajstić information content (AvgIpc) is 2.82. The minimum absolute atomic E-state index is 0.172. The summed E-state index contributed by atoms with van der Waals surface area (Å²) in [5.74, 6) is -0.713. The molecule has 0 aliphatic carbocycles. The second-order valence-corrected chi connectivity index (χ2v) is 7.08. The van der Waals surface area contributed by atoms with Crippen LogP contribution in [0.5, 0.6) is 0 Å². The van der Waals surface area contributed by atoms with Gasteiger partial charge in [0, 0.05) is 0 Å². The minimum atomic E-state index is -1.31. The van der Waals surface area contributed by atoms with Gasteiger partial charge in [-0.15, -0.1) is 6.58 Å². The van der Waals surface area contributed by atoms with Crippen molar-refractivity contribution < 1.29 is 33.6 Å². The first kappa shape index (κ1) is 23.1. The van der Waals surface area contributed by atoms with Crippen molar-refractivity contribution >= 4 is 5.97 Å². The summed E-state index contributed by atoms with van der Waals surface area (Å²) >= 11 is 0. The largest absolute Gasteiger partial charge is 0.467 e. The molecule has 1 saturated heterocycles. The Kier molecular flexibility index (Phi) is 8.75. The number of benzene rings is 2. The normalized spacial score (nSPS) is 25.7. The molecule has 1 aliphatic rings. The molecule has 1 heterocycles. The van der Waals surface area contributed by atoms with Crippen LogP contribution in [0, 0.1) is 0 Å². The molecule has 0 radical (unpaired) electrons. The molecule has 0 bridgehead atoms. The Morgan fingerprint density at radius 3 is 2.03 bits per heavy atom. The van der Waals surface area contributed by atoms with Crippen LogP contribution in [0.15, 0.2) is 73.3 Å². The molecule has 2 aromatic rings. The van der Waals surface area contributed by atoms with Gasteiger partial charge in [0.25, 0.3) is 0 Å². The highest BCUT2D eigenvalue weighted by molar-refractivity contribution is 5.75. The van der Waals surface area contributed by atoms with E-state index in [2.05, 4.69) is 6.58 Å². The number of carbonyl (C=O) groups is 1. The van der Waals surface area contributed by atoms with Gasteiger partial charge in [-0.3, -0.25) is 0 Å². The standard InChI is InChI=1S/C24H28O7/c1-3-14-28-24-22(30-16-18-12-8-5-9-13-18)20(19(25)21(31-24)23(26)27-2)29-15-17-10-6-4-7-11-17/h3-13,19-22,24-25H,1,14-16H2,2H3/t19-,20+,21+,22-,24-/m1/s1. The van der Waals surface area contributed by atoms with E-state index in [-0.39, 0.29) is 19.8 Å². The number of carbonyl (C=O) groups excluding carboxylic acids is 1. The number of esters is 1. The molecule has 0 amide bonds. The van der Waals surface area contributed by atoms with Crippen molar-refractivity contribution in [2.45, 2.75) is 43.9 Å². The molecule has 31 heavy (non-hydrogen) atoms. The summed E-state index contributed by atoms with van der Waals surface area (Å²) in [6.07, 6.45) is -3.65. The van der Waals surface area contributed by atoms with Crippen molar-refractivity contribution in [3.8, 4) is 0 Å². The Morgan fingerprint density at radius 2 is 1.52 bits per heavy atom. The lowest BCUT2D eigenvalue weighted by Gasteiger charge is -2.43. The summed E-state index contributed by atoms with van der Waals surface area (Å²) in [7, 11) is 1.23. The van der Waals surface area contributed by atoms with Gasteiger partial charge in [-0.25, -0.2) is 4.79 Å². The summed E-state index contributed by atoms with van der Waals surface area (Å²) in [6.45, 7) is 4.29. The highest BCUT2D eigenvalue weighted by atomic mass is 16.7. The Balaban J connectivity index is 1.82. The van der Waals surface area contributed by atoms with Gasteiger partial charge in [0.15, 0.2) is 12.4 Å². The zero-order valence-corrected chi connectivity index (χ0v) is 17.5. The van der Waals surface area contributed by atoms with Crippen molar-refractivity contribution in [3.63, 3.8) is 0 Å². The molecule has 2 aromatic carbocycles. The van der Waals surface area contributed by atoms with Gasteiger partial charge in [0.2, 0.25) is 0 Å². The van der Waals surface area contributed by atoms with E-state index in [1.165, 1.54) is 7.11 Å². The third kappa shape index (κ3) is 6.22. The molecule has 0 spiro atoms. The van der Waals surface area contributed by atoms with Crippen LogP contribution in [0.3, 0.4) is 0 Å². The average molecular weight is 428 g/mol. The quantitative estimate of drug-likeness (QED) is 0.460. The van der Waals surface area contributed by atoms with E-state index in [4.69, 9.17) is 23.7 Å². The van der Waals surface area contributed by atoms with Crippen LogP contribution in [0.2, 0.25) is 0 Å². The number of hydrogen-bond acceptors (Lipinski definition) is 7. The molecule has 1 aliphatic heterocycles. The molecule has 3 rings (SSSR count). The van der Waals surface area contributed by atoms with Crippen LogP contribution in [0.1, 0.15) is 11.1 Å². The number of ether oxygens (including phenoxy) is 5. The van der Waals surface area contributed by atoms with Crippen molar-refractivity contribution in [2.75, 3.05) is 13.7 Å². The lowest BCUT2D eigenvalue weighted by atomic mass is 9.98. The van der Waals surface area contributed by atoms with Crippen molar-refractivity contribution in [1.29, 1.82) is 0 Å². The zero-order valence-electron chi connectivity index (χ0n) is 17.5. The van der Waals surface area contributed by atoms with Crippen LogP contribution < -0.4 is 0 Å². The zero-order chi connectivity index (χ0) is 22.1. The molecule has 7 heteroatoms. The highest BCUT2D eigenvalue weighted by Gasteiger charge is 2.50. The molecule has 7 nitrogen and oxygen atoms in total. The number of hydrogen-bond donors (Lipinski definition) is 1. The lowest BCUT2D eigenvalue weighted by Crippen LogP contribution is -2.62. The van der Waals surface area contributed by atoms with Gasteiger partial charge in [-0.2, -0.15) is 0 Å². The molecular weight excluding hydrogens is 400 g/mol. The maximum absolute atomic E-state index is 12.2. The van der Waals surface area contributed by atoms with E-state index in [9.17, 15) is 9.90 Å². The second kappa shape index (κ2) is 11.7. The van der Waals surface area contributed by atoms with Crippen LogP contribution in [-0.2, 0) is 41.7 Å². The Labute approximate surface area is 182 Å². The van der Waals surface area contributed by atoms with E-state index >= 15 is 0 Å². The molecule has 5 atom stereocenters. The van der Waals surface area contributed by atoms with E-state index in [0.29, 0.717) is 0 Å². The van der Waals surface area contributed by atoms with Crippen LogP contribution >= 0.6 is 0 Å². The Morgan fingerprint density at radius 1 is 0.968 bits per heavy atom. The summed E-state index contributed by atoms with van der Waals surface area (Å²) in [5, 5.41) is 10.9. The smallest absolute Gasteiger partial charge is 0.337 e. The molecular formula is C24H28O7. The summed E-state index contributed by atoms with van der Waals surface area (Å²) in [4.78, 5) is 12.2. The van der Waals surface area contributed by atoms with Gasteiger partial charge < -0.3 is 28.8 Å². The summed E-state index contributed by atoms with van der Waals surface area (Å²) in [5.41, 5.74) is 1.86. The van der Waals surface area contributed by atoms with Gasteiger partial charge in [0.1, 0.15) is 18.3 Å². The number of aliphatic hydroxyl groups excluding tert-OH is 1. The van der Waals surface area contributed by atoms with E-state index in [1.807, 2.05) is 60.7 Å². The predicted molar refractivity (Wildman–Crippen MR) is 113 cm³/mol. The molecule has 166 valence electrons. The Bertz CT molecular complexity index is 811. The first-order chi connectivity index (χ1) is 15.1. The summed E-state index contributed by atoms with van der Waals surface area (Å²) in [6, 6.07) is 19.1. The van der Waals surface area contributed by atoms with Gasteiger partial charge >= 0.3 is 5.97 Å². The third-order valence-electron chi connectivity index (χ3n) is 4.90. The number of rotatable bonds is 10. The maximum Gasteiger partial charge on any atom is 0.337 e. The van der Waals surface area contributed by atoms with Crippen LogP contribution in [0.4, 0.5) is 0 Å². The number of methoxy groups -OCH3 is 1. The lowest BCUT2D eigenvalue weighted by molar-refractivity contribution is -0.311. The topological polar surface area (TPSA) is 83.5 Å². The fourth-order valence-corrected chi connectivity index (χ4v) is 3.33. The van der Waals surface area contributed by atoms with Crippen LogP contribution in [0.25, 0.3) is 0 Å². The second-order valence-electron chi connectivity index (χ2n) is 7.08. The Hall–Kier alpha value is -2.55. The monoisotopic (exact) mass is 428 g/mol. The highest BCUT2D eigenvalue weighted by Crippen LogP contribution is 2.29. The predicted octanol–water partition coefficient (Wildman–Crippen LogP) is 2.62. The fraction of sp³-hybridized carbons (Fsp3) is 0.375. The molecule has 1 N–H and O–H groups in total. The van der Waals surface area contributed by atoms with Gasteiger partial charge in [0.05, 0.1) is 26.9 Å². The van der Waals surface area contributed by atoms with Crippen molar-refractivity contribution in [1.82, 2.24) is 0 Å². The summed E-state index contributed by atoms with van der Waals surface area (Å²) < 4.78 is 28.4. The third-order valence-corrected chi connectivity index (χ3v) is 4.90. The minimum Gasteiger partial charge on any atom is -0.467 e. The molecule has 1 fully saturated rings. The van der Waals surface area contributed by atoms with E-state index in [0.717, 1.165) is 11.1 Å². The SMILES string of the molecule is C=CCO[C@@H]1O[C@H](C(=O)OC)[C@H](O)[C@H](OCc2ccccc2)[C@H]1OCc1ccccc1. The fourth-order valence-electron chi connectivity index (χ4n) is 3.33. The maximum atomic E-state index is 12.2. The van der Waals surface area contributed by atoms with Crippen molar-refractivity contribution in [3.05, 3.63) is 84.4 Å². The molecule has 0 unspecified atom stereocenters.